The fourth-order valence-electron chi connectivity index (χ4n) is 1.16. The lowest BCUT2D eigenvalue weighted by Crippen LogP contribution is -2.24. The lowest BCUT2D eigenvalue weighted by Gasteiger charge is -2.12. The van der Waals surface area contributed by atoms with Gasteiger partial charge in [0.25, 0.3) is 0 Å². The quantitative estimate of drug-likeness (QED) is 0.828. The molecule has 1 aromatic carbocycles. The Morgan fingerprint density at radius 1 is 1.43 bits per heavy atom. The topological polar surface area (TPSA) is 12.0 Å². The van der Waals surface area contributed by atoms with Crippen LogP contribution in [0.5, 0.6) is 0 Å². The van der Waals surface area contributed by atoms with E-state index in [9.17, 15) is 8.78 Å². The van der Waals surface area contributed by atoms with Gasteiger partial charge >= 0.3 is 0 Å². The smallest absolute Gasteiger partial charge is 0.143 e. The van der Waals surface area contributed by atoms with Gasteiger partial charge in [-0.2, -0.15) is 0 Å². The molecule has 78 valence electrons. The number of rotatable bonds is 3. The van der Waals surface area contributed by atoms with Gasteiger partial charge in [0.2, 0.25) is 0 Å². The molecule has 14 heavy (non-hydrogen) atoms. The van der Waals surface area contributed by atoms with Crippen LogP contribution >= 0.6 is 15.9 Å². The van der Waals surface area contributed by atoms with Crippen LogP contribution in [0.1, 0.15) is 12.5 Å². The molecule has 0 aliphatic heterocycles. The minimum Gasteiger partial charge on any atom is -0.317 e. The number of halogens is 3. The van der Waals surface area contributed by atoms with Crippen molar-refractivity contribution >= 4 is 15.9 Å². The minimum absolute atomic E-state index is 0.0494. The number of likely N-dealkylation sites (N-methyl/N-ethyl adjacent to an activating group) is 1. The SMILES string of the molecule is CNC(C)Cc1c(F)ccc(Br)c1F. The van der Waals surface area contributed by atoms with Crippen LogP contribution in [0.2, 0.25) is 0 Å². The molecule has 1 nitrogen and oxygen atoms in total. The van der Waals surface area contributed by atoms with E-state index in [1.165, 1.54) is 12.1 Å². The summed E-state index contributed by atoms with van der Waals surface area (Å²) in [5, 5.41) is 2.94. The maximum atomic E-state index is 13.4. The standard InChI is InChI=1S/C10H12BrF2N/c1-6(14-2)5-7-9(12)4-3-8(11)10(7)13/h3-4,6,14H,5H2,1-2H3. The van der Waals surface area contributed by atoms with Gasteiger partial charge in [-0.05, 0) is 48.5 Å². The third-order valence-corrected chi connectivity index (χ3v) is 2.75. The third-order valence-electron chi connectivity index (χ3n) is 2.14. The van der Waals surface area contributed by atoms with Crippen LogP contribution in [0.4, 0.5) is 8.78 Å². The van der Waals surface area contributed by atoms with Crippen LogP contribution in [0.3, 0.4) is 0 Å². The van der Waals surface area contributed by atoms with Crippen molar-refractivity contribution in [2.75, 3.05) is 7.05 Å². The average Bonchev–Trinajstić information content (AvgIpc) is 2.18. The summed E-state index contributed by atoms with van der Waals surface area (Å²) in [6.45, 7) is 1.87. The Morgan fingerprint density at radius 3 is 2.64 bits per heavy atom. The largest absolute Gasteiger partial charge is 0.317 e. The Hall–Kier alpha value is -0.480. The predicted molar refractivity (Wildman–Crippen MR) is 56.3 cm³/mol. The molecule has 0 spiro atoms. The van der Waals surface area contributed by atoms with Gasteiger partial charge in [0.05, 0.1) is 4.47 Å². The van der Waals surface area contributed by atoms with Gasteiger partial charge < -0.3 is 5.32 Å². The van der Waals surface area contributed by atoms with Crippen molar-refractivity contribution in [3.8, 4) is 0 Å². The first-order valence-electron chi connectivity index (χ1n) is 4.36. The first-order chi connectivity index (χ1) is 6.56. The molecule has 0 aliphatic carbocycles. The number of benzene rings is 1. The molecule has 0 saturated carbocycles. The second-order valence-corrected chi connectivity index (χ2v) is 4.07. The summed E-state index contributed by atoms with van der Waals surface area (Å²) in [4.78, 5) is 0. The highest BCUT2D eigenvalue weighted by Crippen LogP contribution is 2.22. The summed E-state index contributed by atoms with van der Waals surface area (Å²) in [5.74, 6) is -1.00. The van der Waals surface area contributed by atoms with Crippen LogP contribution in [-0.2, 0) is 6.42 Å². The van der Waals surface area contributed by atoms with E-state index in [1.54, 1.807) is 7.05 Å². The fourth-order valence-corrected chi connectivity index (χ4v) is 1.54. The summed E-state index contributed by atoms with van der Waals surface area (Å²) in [6.07, 6.45) is 0.341. The van der Waals surface area contributed by atoms with Crippen LogP contribution in [0.25, 0.3) is 0 Å². The van der Waals surface area contributed by atoms with Crippen molar-refractivity contribution in [3.63, 3.8) is 0 Å². The van der Waals surface area contributed by atoms with Gasteiger partial charge in [0.1, 0.15) is 11.6 Å². The maximum Gasteiger partial charge on any atom is 0.143 e. The summed E-state index contributed by atoms with van der Waals surface area (Å²) < 4.78 is 27.0. The molecule has 0 fully saturated rings. The highest BCUT2D eigenvalue weighted by atomic mass is 79.9. The monoisotopic (exact) mass is 263 g/mol. The summed E-state index contributed by atoms with van der Waals surface area (Å²) in [7, 11) is 1.76. The molecule has 0 heterocycles. The van der Waals surface area contributed by atoms with Gasteiger partial charge in [-0.15, -0.1) is 0 Å². The van der Waals surface area contributed by atoms with E-state index in [4.69, 9.17) is 0 Å². The normalized spacial score (nSPS) is 12.9. The zero-order chi connectivity index (χ0) is 10.7. The molecular weight excluding hydrogens is 252 g/mol. The average molecular weight is 264 g/mol. The number of nitrogens with one attached hydrogen (secondary N) is 1. The first-order valence-corrected chi connectivity index (χ1v) is 5.15. The van der Waals surface area contributed by atoms with Crippen molar-refractivity contribution in [2.24, 2.45) is 0 Å². The molecule has 0 radical (unpaired) electrons. The van der Waals surface area contributed by atoms with E-state index < -0.39 is 11.6 Å². The Kier molecular flexibility index (Phi) is 4.01. The Balaban J connectivity index is 3.00. The Morgan fingerprint density at radius 2 is 2.07 bits per heavy atom. The van der Waals surface area contributed by atoms with Crippen LogP contribution in [0, 0.1) is 11.6 Å². The van der Waals surface area contributed by atoms with E-state index in [2.05, 4.69) is 21.2 Å². The number of hydrogen-bond donors (Lipinski definition) is 1. The van der Waals surface area contributed by atoms with Crippen LogP contribution < -0.4 is 5.32 Å². The van der Waals surface area contributed by atoms with Crippen molar-refractivity contribution in [1.82, 2.24) is 5.32 Å². The molecule has 1 rings (SSSR count). The van der Waals surface area contributed by atoms with Crippen LogP contribution in [0.15, 0.2) is 16.6 Å². The highest BCUT2D eigenvalue weighted by Gasteiger charge is 2.14. The molecule has 0 aliphatic rings. The molecular formula is C10H12BrF2N. The molecule has 1 unspecified atom stereocenters. The van der Waals surface area contributed by atoms with Gasteiger partial charge in [-0.1, -0.05) is 0 Å². The lowest BCUT2D eigenvalue weighted by molar-refractivity contribution is 0.519. The zero-order valence-electron chi connectivity index (χ0n) is 8.07. The molecule has 1 N–H and O–H groups in total. The molecule has 0 aromatic heterocycles. The minimum atomic E-state index is -0.507. The maximum absolute atomic E-state index is 13.4. The molecule has 0 saturated heterocycles. The first kappa shape index (κ1) is 11.6. The van der Waals surface area contributed by atoms with Crippen molar-refractivity contribution < 1.29 is 8.78 Å². The van der Waals surface area contributed by atoms with Crippen molar-refractivity contribution in [1.29, 1.82) is 0 Å². The highest BCUT2D eigenvalue weighted by molar-refractivity contribution is 9.10. The second kappa shape index (κ2) is 4.84. The van der Waals surface area contributed by atoms with Crippen LogP contribution in [-0.4, -0.2) is 13.1 Å². The van der Waals surface area contributed by atoms with Crippen molar-refractivity contribution in [2.45, 2.75) is 19.4 Å². The number of hydrogen-bond acceptors (Lipinski definition) is 1. The lowest BCUT2D eigenvalue weighted by atomic mass is 10.1. The Labute approximate surface area is 90.6 Å². The molecule has 4 heteroatoms. The summed E-state index contributed by atoms with van der Waals surface area (Å²) in [6, 6.07) is 2.69. The zero-order valence-corrected chi connectivity index (χ0v) is 9.66. The summed E-state index contributed by atoms with van der Waals surface area (Å²) in [5.41, 5.74) is 0.126. The van der Waals surface area contributed by atoms with Gasteiger partial charge in [-0.3, -0.25) is 0 Å². The molecule has 1 aromatic rings. The fraction of sp³-hybridized carbons (Fsp3) is 0.400. The van der Waals surface area contributed by atoms with Gasteiger partial charge in [-0.25, -0.2) is 8.78 Å². The van der Waals surface area contributed by atoms with Gasteiger partial charge in [0.15, 0.2) is 0 Å². The van der Waals surface area contributed by atoms with E-state index in [-0.39, 0.29) is 11.6 Å². The van der Waals surface area contributed by atoms with E-state index in [0.29, 0.717) is 10.9 Å². The summed E-state index contributed by atoms with van der Waals surface area (Å²) >= 11 is 3.03. The molecule has 1 atom stereocenters. The molecule has 0 bridgehead atoms. The van der Waals surface area contributed by atoms with E-state index in [0.717, 1.165) is 0 Å². The third kappa shape index (κ3) is 2.51. The van der Waals surface area contributed by atoms with E-state index >= 15 is 0 Å². The second-order valence-electron chi connectivity index (χ2n) is 3.22. The predicted octanol–water partition coefficient (Wildman–Crippen LogP) is 2.88. The van der Waals surface area contributed by atoms with Crippen molar-refractivity contribution in [3.05, 3.63) is 33.8 Å². The van der Waals surface area contributed by atoms with Gasteiger partial charge in [0, 0.05) is 11.6 Å². The Bertz CT molecular complexity index is 328. The molecule has 0 amide bonds. The van der Waals surface area contributed by atoms with E-state index in [1.807, 2.05) is 6.92 Å².